The quantitative estimate of drug-likeness (QED) is 0.730. The lowest BCUT2D eigenvalue weighted by Gasteiger charge is -2.15. The van der Waals surface area contributed by atoms with Gasteiger partial charge in [-0.3, -0.25) is 9.59 Å². The number of nitrogens with one attached hydrogen (secondary N) is 1. The molecular formula is C22H26N2O3. The fourth-order valence-corrected chi connectivity index (χ4v) is 3.28. The average Bonchev–Trinajstić information content (AvgIpc) is 3.10. The first-order valence-corrected chi connectivity index (χ1v) is 9.43. The van der Waals surface area contributed by atoms with Crippen LogP contribution in [0.25, 0.3) is 0 Å². The first-order valence-electron chi connectivity index (χ1n) is 9.43. The lowest BCUT2D eigenvalue weighted by atomic mass is 10.1. The lowest BCUT2D eigenvalue weighted by molar-refractivity contribution is -0.128. The summed E-state index contributed by atoms with van der Waals surface area (Å²) in [5.41, 5.74) is 2.90. The molecular weight excluding hydrogens is 340 g/mol. The third kappa shape index (κ3) is 5.33. The zero-order chi connectivity index (χ0) is 19.1. The third-order valence-corrected chi connectivity index (χ3v) is 4.82. The number of hydrogen-bond acceptors (Lipinski definition) is 3. The largest absolute Gasteiger partial charge is 0.497 e. The van der Waals surface area contributed by atoms with E-state index < -0.39 is 0 Å². The van der Waals surface area contributed by atoms with Crippen LogP contribution in [-0.4, -0.2) is 36.9 Å². The van der Waals surface area contributed by atoms with Crippen molar-refractivity contribution >= 4 is 11.8 Å². The number of likely N-dealkylation sites (tertiary alicyclic amines) is 1. The average molecular weight is 366 g/mol. The van der Waals surface area contributed by atoms with Crippen molar-refractivity contribution in [1.29, 1.82) is 0 Å². The van der Waals surface area contributed by atoms with Gasteiger partial charge in [-0.05, 0) is 54.7 Å². The number of carbonyl (C=O) groups excluding carboxylic acids is 2. The van der Waals surface area contributed by atoms with Gasteiger partial charge in [-0.1, -0.05) is 24.3 Å². The molecule has 0 spiro atoms. The first-order chi connectivity index (χ1) is 13.2. The highest BCUT2D eigenvalue weighted by Crippen LogP contribution is 2.15. The Morgan fingerprint density at radius 3 is 2.67 bits per heavy atom. The van der Waals surface area contributed by atoms with Crippen molar-refractivity contribution in [2.75, 3.05) is 20.2 Å². The van der Waals surface area contributed by atoms with Gasteiger partial charge >= 0.3 is 0 Å². The summed E-state index contributed by atoms with van der Waals surface area (Å²) in [5.74, 6) is 1.00. The number of hydrogen-bond donors (Lipinski definition) is 1. The van der Waals surface area contributed by atoms with Gasteiger partial charge in [0.2, 0.25) is 5.91 Å². The van der Waals surface area contributed by atoms with Gasteiger partial charge in [0.25, 0.3) is 5.91 Å². The summed E-state index contributed by atoms with van der Waals surface area (Å²) < 4.78 is 5.22. The molecule has 1 heterocycles. The smallest absolute Gasteiger partial charge is 0.251 e. The van der Waals surface area contributed by atoms with Gasteiger partial charge in [-0.2, -0.15) is 0 Å². The number of amides is 2. The van der Waals surface area contributed by atoms with Crippen molar-refractivity contribution in [2.45, 2.75) is 32.2 Å². The summed E-state index contributed by atoms with van der Waals surface area (Å²) in [6.07, 6.45) is 3.35. The molecule has 0 aliphatic carbocycles. The standard InChI is InChI=1S/C22H26N2O3/c1-27-20-7-2-5-17(15-20)6-3-13-23-22(26)19-11-9-18(10-12-19)16-24-14-4-8-21(24)25/h2,5,7,9-12,15H,3-4,6,8,13-14,16H2,1H3,(H,23,26). The van der Waals surface area contributed by atoms with Crippen molar-refractivity contribution in [2.24, 2.45) is 0 Å². The minimum Gasteiger partial charge on any atom is -0.497 e. The molecule has 0 unspecified atom stereocenters. The van der Waals surface area contributed by atoms with Crippen molar-refractivity contribution in [3.63, 3.8) is 0 Å². The van der Waals surface area contributed by atoms with Crippen molar-refractivity contribution in [1.82, 2.24) is 10.2 Å². The van der Waals surface area contributed by atoms with Crippen LogP contribution in [0.3, 0.4) is 0 Å². The fourth-order valence-electron chi connectivity index (χ4n) is 3.28. The van der Waals surface area contributed by atoms with Gasteiger partial charge in [0.05, 0.1) is 7.11 Å². The molecule has 0 bridgehead atoms. The minimum atomic E-state index is -0.0653. The maximum Gasteiger partial charge on any atom is 0.251 e. The van der Waals surface area contributed by atoms with E-state index in [0.29, 0.717) is 25.1 Å². The first kappa shape index (κ1) is 19.0. The molecule has 3 rings (SSSR count). The molecule has 2 aromatic rings. The SMILES string of the molecule is COc1cccc(CCCNC(=O)c2ccc(CN3CCCC3=O)cc2)c1. The molecule has 2 amide bonds. The Hall–Kier alpha value is -2.82. The molecule has 0 aromatic heterocycles. The van der Waals surface area contributed by atoms with Crippen LogP contribution in [0, 0.1) is 0 Å². The monoisotopic (exact) mass is 366 g/mol. The van der Waals surface area contributed by atoms with E-state index in [9.17, 15) is 9.59 Å². The second-order valence-electron chi connectivity index (χ2n) is 6.83. The Balaban J connectivity index is 1.43. The van der Waals surface area contributed by atoms with E-state index in [0.717, 1.165) is 37.1 Å². The second-order valence-corrected chi connectivity index (χ2v) is 6.83. The molecule has 1 fully saturated rings. The van der Waals surface area contributed by atoms with Gasteiger partial charge in [0.15, 0.2) is 0 Å². The second kappa shape index (κ2) is 9.21. The maximum atomic E-state index is 12.3. The molecule has 5 nitrogen and oxygen atoms in total. The Morgan fingerprint density at radius 2 is 1.96 bits per heavy atom. The van der Waals surface area contributed by atoms with E-state index in [2.05, 4.69) is 11.4 Å². The summed E-state index contributed by atoms with van der Waals surface area (Å²) in [6, 6.07) is 15.5. The highest BCUT2D eigenvalue weighted by molar-refractivity contribution is 5.94. The van der Waals surface area contributed by atoms with Gasteiger partial charge in [-0.15, -0.1) is 0 Å². The number of carbonyl (C=O) groups is 2. The van der Waals surface area contributed by atoms with Crippen molar-refractivity contribution in [3.8, 4) is 5.75 Å². The van der Waals surface area contributed by atoms with Crippen LogP contribution in [0.1, 0.15) is 40.7 Å². The molecule has 0 radical (unpaired) electrons. The maximum absolute atomic E-state index is 12.3. The molecule has 27 heavy (non-hydrogen) atoms. The van der Waals surface area contributed by atoms with Gasteiger partial charge < -0.3 is 15.0 Å². The highest BCUT2D eigenvalue weighted by atomic mass is 16.5. The van der Waals surface area contributed by atoms with E-state index in [4.69, 9.17) is 4.74 Å². The van der Waals surface area contributed by atoms with Crippen LogP contribution in [-0.2, 0) is 17.8 Å². The van der Waals surface area contributed by atoms with Crippen LogP contribution in [0.2, 0.25) is 0 Å². The minimum absolute atomic E-state index is 0.0653. The van der Waals surface area contributed by atoms with Gasteiger partial charge in [0, 0.05) is 31.6 Å². The highest BCUT2D eigenvalue weighted by Gasteiger charge is 2.19. The fraction of sp³-hybridized carbons (Fsp3) is 0.364. The summed E-state index contributed by atoms with van der Waals surface area (Å²) >= 11 is 0. The lowest BCUT2D eigenvalue weighted by Crippen LogP contribution is -2.25. The molecule has 0 atom stereocenters. The topological polar surface area (TPSA) is 58.6 Å². The molecule has 5 heteroatoms. The molecule has 1 N–H and O–H groups in total. The number of rotatable bonds is 8. The Kier molecular flexibility index (Phi) is 6.47. The molecule has 142 valence electrons. The summed E-state index contributed by atoms with van der Waals surface area (Å²) in [4.78, 5) is 25.8. The van der Waals surface area contributed by atoms with E-state index >= 15 is 0 Å². The predicted octanol–water partition coefficient (Wildman–Crippen LogP) is 3.18. The number of nitrogens with zero attached hydrogens (tertiary/aromatic N) is 1. The van der Waals surface area contributed by atoms with Gasteiger partial charge in [-0.25, -0.2) is 0 Å². The van der Waals surface area contributed by atoms with Crippen LogP contribution in [0.4, 0.5) is 0 Å². The van der Waals surface area contributed by atoms with E-state index in [1.807, 2.05) is 47.4 Å². The summed E-state index contributed by atoms with van der Waals surface area (Å²) in [5, 5.41) is 2.96. The number of ether oxygens (including phenoxy) is 1. The Labute approximate surface area is 160 Å². The third-order valence-electron chi connectivity index (χ3n) is 4.82. The predicted molar refractivity (Wildman–Crippen MR) is 105 cm³/mol. The van der Waals surface area contributed by atoms with Crippen LogP contribution >= 0.6 is 0 Å². The molecule has 1 aliphatic rings. The number of benzene rings is 2. The summed E-state index contributed by atoms with van der Waals surface area (Å²) in [7, 11) is 1.66. The van der Waals surface area contributed by atoms with E-state index in [1.54, 1.807) is 7.11 Å². The Morgan fingerprint density at radius 1 is 1.15 bits per heavy atom. The van der Waals surface area contributed by atoms with Crippen LogP contribution < -0.4 is 10.1 Å². The van der Waals surface area contributed by atoms with Gasteiger partial charge in [0.1, 0.15) is 5.75 Å². The number of methoxy groups -OCH3 is 1. The number of aryl methyl sites for hydroxylation is 1. The van der Waals surface area contributed by atoms with Crippen molar-refractivity contribution in [3.05, 3.63) is 65.2 Å². The van der Waals surface area contributed by atoms with E-state index in [-0.39, 0.29) is 11.8 Å². The zero-order valence-electron chi connectivity index (χ0n) is 15.7. The zero-order valence-corrected chi connectivity index (χ0v) is 15.7. The molecule has 2 aromatic carbocycles. The molecule has 1 aliphatic heterocycles. The molecule has 0 saturated carbocycles. The normalized spacial score (nSPS) is 13.7. The van der Waals surface area contributed by atoms with E-state index in [1.165, 1.54) is 5.56 Å². The Bertz CT molecular complexity index is 786. The van der Waals surface area contributed by atoms with Crippen LogP contribution in [0.15, 0.2) is 48.5 Å². The van der Waals surface area contributed by atoms with Crippen LogP contribution in [0.5, 0.6) is 5.75 Å². The molecule has 1 saturated heterocycles. The summed E-state index contributed by atoms with van der Waals surface area (Å²) in [6.45, 7) is 2.08. The van der Waals surface area contributed by atoms with Crippen molar-refractivity contribution < 1.29 is 14.3 Å².